The van der Waals surface area contributed by atoms with Crippen molar-refractivity contribution in [3.8, 4) is 0 Å². The topological polar surface area (TPSA) is 155 Å². The third kappa shape index (κ3) is 5.26. The Hall–Kier alpha value is -3.68. The Bertz CT molecular complexity index is 719. The highest BCUT2D eigenvalue weighted by Crippen LogP contribution is 2.05. The lowest BCUT2D eigenvalue weighted by atomic mass is 10.1. The van der Waals surface area contributed by atoms with Crippen molar-refractivity contribution in [2.45, 2.75) is 0 Å². The first-order valence-corrected chi connectivity index (χ1v) is 6.42. The Labute approximate surface area is 135 Å². The van der Waals surface area contributed by atoms with E-state index < -0.39 is 23.8 Å². The van der Waals surface area contributed by atoms with Crippen molar-refractivity contribution in [3.63, 3.8) is 0 Å². The van der Waals surface area contributed by atoms with Gasteiger partial charge in [0, 0.05) is 5.56 Å². The van der Waals surface area contributed by atoms with E-state index >= 15 is 0 Å². The lowest BCUT2D eigenvalue weighted by Crippen LogP contribution is -2.10. The third-order valence-electron chi connectivity index (χ3n) is 2.77. The molecule has 0 fully saturated rings. The number of aromatic carboxylic acids is 3. The molecule has 8 heteroatoms. The number of carboxylic acid groups (broad SMARTS) is 3. The van der Waals surface area contributed by atoms with Crippen LogP contribution in [0.15, 0.2) is 48.5 Å². The molecule has 2 aromatic rings. The molecule has 24 heavy (non-hydrogen) atoms. The molecule has 0 heterocycles. The summed E-state index contributed by atoms with van der Waals surface area (Å²) in [6, 6.07) is 10.6. The molecule has 0 saturated carbocycles. The molecule has 1 amide bonds. The summed E-state index contributed by atoms with van der Waals surface area (Å²) < 4.78 is 0. The molecule has 0 unspecified atom stereocenters. The molecule has 0 aromatic heterocycles. The lowest BCUT2D eigenvalue weighted by Gasteiger charge is -1.95. The lowest BCUT2D eigenvalue weighted by molar-refractivity contribution is 0.0682. The van der Waals surface area contributed by atoms with Crippen LogP contribution in [0, 0.1) is 0 Å². The van der Waals surface area contributed by atoms with Gasteiger partial charge in [-0.15, -0.1) is 0 Å². The van der Waals surface area contributed by atoms with E-state index in [9.17, 15) is 19.2 Å². The maximum atomic E-state index is 10.6. The quantitative estimate of drug-likeness (QED) is 0.662. The standard InChI is InChI=1S/C8H7NO3.C8H6O4/c9-7(10)5-1-3-6(4-2-5)8(11)12;9-7(10)5-2-1-3-6(4-5)8(11)12/h1-4H,(H2,9,10)(H,11,12);1-4H,(H,9,10)(H,11,12). The Morgan fingerprint density at radius 2 is 1.00 bits per heavy atom. The molecule has 124 valence electrons. The van der Waals surface area contributed by atoms with Gasteiger partial charge in [0.1, 0.15) is 0 Å². The fourth-order valence-electron chi connectivity index (χ4n) is 1.56. The van der Waals surface area contributed by atoms with Crippen LogP contribution in [0.1, 0.15) is 41.4 Å². The van der Waals surface area contributed by atoms with Crippen LogP contribution in [-0.2, 0) is 0 Å². The highest BCUT2D eigenvalue weighted by atomic mass is 16.4. The number of carbonyl (C=O) groups is 4. The minimum absolute atomic E-state index is 0.0186. The van der Waals surface area contributed by atoms with Crippen LogP contribution in [0.5, 0.6) is 0 Å². The number of carboxylic acids is 3. The molecule has 0 atom stereocenters. The molecule has 0 radical (unpaired) electrons. The molecule has 0 aliphatic carbocycles. The van der Waals surface area contributed by atoms with E-state index in [1.54, 1.807) is 0 Å². The van der Waals surface area contributed by atoms with Gasteiger partial charge in [0.2, 0.25) is 5.91 Å². The zero-order valence-corrected chi connectivity index (χ0v) is 12.2. The molecular weight excluding hydrogens is 318 g/mol. The second-order valence-electron chi connectivity index (χ2n) is 4.44. The molecule has 2 rings (SSSR count). The largest absolute Gasteiger partial charge is 0.478 e. The van der Waals surface area contributed by atoms with Crippen LogP contribution < -0.4 is 5.73 Å². The normalized spacial score (nSPS) is 9.33. The maximum absolute atomic E-state index is 10.6. The van der Waals surface area contributed by atoms with E-state index in [2.05, 4.69) is 0 Å². The van der Waals surface area contributed by atoms with E-state index in [1.807, 2.05) is 0 Å². The van der Waals surface area contributed by atoms with Crippen molar-refractivity contribution in [1.82, 2.24) is 0 Å². The second-order valence-corrected chi connectivity index (χ2v) is 4.44. The van der Waals surface area contributed by atoms with Crippen molar-refractivity contribution in [2.75, 3.05) is 0 Å². The van der Waals surface area contributed by atoms with E-state index in [0.717, 1.165) is 6.07 Å². The summed E-state index contributed by atoms with van der Waals surface area (Å²) in [6.07, 6.45) is 0. The Morgan fingerprint density at radius 3 is 1.33 bits per heavy atom. The van der Waals surface area contributed by atoms with Gasteiger partial charge in [0.05, 0.1) is 16.7 Å². The Balaban J connectivity index is 0.000000240. The van der Waals surface area contributed by atoms with Crippen LogP contribution in [0.25, 0.3) is 0 Å². The van der Waals surface area contributed by atoms with Gasteiger partial charge in [-0.1, -0.05) is 6.07 Å². The molecule has 0 aliphatic heterocycles. The first-order chi connectivity index (χ1) is 11.2. The van der Waals surface area contributed by atoms with Crippen molar-refractivity contribution in [3.05, 3.63) is 70.8 Å². The number of hydrogen-bond acceptors (Lipinski definition) is 4. The van der Waals surface area contributed by atoms with Crippen molar-refractivity contribution < 1.29 is 34.5 Å². The van der Waals surface area contributed by atoms with Crippen LogP contribution in [0.2, 0.25) is 0 Å². The SMILES string of the molecule is NC(=O)c1ccc(C(=O)O)cc1.O=C(O)c1cccc(C(=O)O)c1. The number of benzene rings is 2. The predicted molar refractivity (Wildman–Crippen MR) is 82.3 cm³/mol. The van der Waals surface area contributed by atoms with E-state index in [1.165, 1.54) is 42.5 Å². The van der Waals surface area contributed by atoms with Gasteiger partial charge in [-0.05, 0) is 42.5 Å². The number of nitrogens with two attached hydrogens (primary N) is 1. The zero-order chi connectivity index (χ0) is 18.3. The van der Waals surface area contributed by atoms with Crippen LogP contribution >= 0.6 is 0 Å². The molecule has 5 N–H and O–H groups in total. The highest BCUT2D eigenvalue weighted by molar-refractivity contribution is 5.95. The number of amides is 1. The first kappa shape index (κ1) is 18.4. The Kier molecular flexibility index (Phi) is 6.19. The summed E-state index contributed by atoms with van der Waals surface area (Å²) in [6.45, 7) is 0. The minimum atomic E-state index is -1.13. The van der Waals surface area contributed by atoms with Gasteiger partial charge in [-0.3, -0.25) is 4.79 Å². The molecular formula is C16H13NO7. The molecule has 0 aliphatic rings. The maximum Gasteiger partial charge on any atom is 0.335 e. The van der Waals surface area contributed by atoms with E-state index in [-0.39, 0.29) is 16.7 Å². The number of rotatable bonds is 4. The molecule has 0 saturated heterocycles. The fourth-order valence-corrected chi connectivity index (χ4v) is 1.56. The zero-order valence-electron chi connectivity index (χ0n) is 12.2. The van der Waals surface area contributed by atoms with Gasteiger partial charge < -0.3 is 21.1 Å². The summed E-state index contributed by atoms with van der Waals surface area (Å²) >= 11 is 0. The van der Waals surface area contributed by atoms with E-state index in [0.29, 0.717) is 5.56 Å². The van der Waals surface area contributed by atoms with Gasteiger partial charge in [0.25, 0.3) is 0 Å². The molecule has 2 aromatic carbocycles. The fraction of sp³-hybridized carbons (Fsp3) is 0. The van der Waals surface area contributed by atoms with Crippen molar-refractivity contribution in [2.24, 2.45) is 5.73 Å². The summed E-state index contributed by atoms with van der Waals surface area (Å²) in [5.74, 6) is -3.84. The smallest absolute Gasteiger partial charge is 0.335 e. The van der Waals surface area contributed by atoms with Gasteiger partial charge in [0.15, 0.2) is 0 Å². The summed E-state index contributed by atoms with van der Waals surface area (Å²) in [7, 11) is 0. The van der Waals surface area contributed by atoms with Crippen LogP contribution in [0.4, 0.5) is 0 Å². The van der Waals surface area contributed by atoms with Crippen molar-refractivity contribution in [1.29, 1.82) is 0 Å². The van der Waals surface area contributed by atoms with Crippen LogP contribution in [-0.4, -0.2) is 39.1 Å². The third-order valence-corrected chi connectivity index (χ3v) is 2.77. The molecule has 8 nitrogen and oxygen atoms in total. The van der Waals surface area contributed by atoms with Gasteiger partial charge >= 0.3 is 17.9 Å². The number of carbonyl (C=O) groups excluding carboxylic acids is 1. The summed E-state index contributed by atoms with van der Waals surface area (Å²) in [5, 5.41) is 25.5. The Morgan fingerprint density at radius 1 is 0.625 bits per heavy atom. The second kappa shape index (κ2) is 8.08. The van der Waals surface area contributed by atoms with Gasteiger partial charge in [-0.2, -0.15) is 0 Å². The predicted octanol–water partition coefficient (Wildman–Crippen LogP) is 1.57. The minimum Gasteiger partial charge on any atom is -0.478 e. The van der Waals surface area contributed by atoms with E-state index in [4.69, 9.17) is 21.1 Å². The molecule has 0 spiro atoms. The van der Waals surface area contributed by atoms with Crippen LogP contribution in [0.3, 0.4) is 0 Å². The number of primary amides is 1. The highest BCUT2D eigenvalue weighted by Gasteiger charge is 2.06. The molecule has 0 bridgehead atoms. The average Bonchev–Trinajstić information content (AvgIpc) is 2.55. The monoisotopic (exact) mass is 331 g/mol. The number of hydrogen-bond donors (Lipinski definition) is 4. The van der Waals surface area contributed by atoms with Crippen molar-refractivity contribution >= 4 is 23.8 Å². The summed E-state index contributed by atoms with van der Waals surface area (Å²) in [4.78, 5) is 41.7. The first-order valence-electron chi connectivity index (χ1n) is 6.42. The average molecular weight is 331 g/mol. The summed E-state index contributed by atoms with van der Waals surface area (Å²) in [5.41, 5.74) is 5.36. The van der Waals surface area contributed by atoms with Gasteiger partial charge in [-0.25, -0.2) is 14.4 Å².